The summed E-state index contributed by atoms with van der Waals surface area (Å²) in [5, 5.41) is 2.16. The van der Waals surface area contributed by atoms with Gasteiger partial charge in [0.05, 0.1) is 24.4 Å². The van der Waals surface area contributed by atoms with Gasteiger partial charge in [0.2, 0.25) is 0 Å². The minimum atomic E-state index is -0.376. The normalized spacial score (nSPS) is 14.4. The van der Waals surface area contributed by atoms with Crippen molar-refractivity contribution in [1.82, 2.24) is 10.0 Å². The van der Waals surface area contributed by atoms with Crippen molar-refractivity contribution in [2.45, 2.75) is 6.54 Å². The van der Waals surface area contributed by atoms with Gasteiger partial charge in [0.15, 0.2) is 0 Å². The molecule has 7 heteroatoms. The largest absolute Gasteiger partial charge is 0.456 e. The van der Waals surface area contributed by atoms with E-state index in [1.807, 2.05) is 0 Å². The Morgan fingerprint density at radius 1 is 1.56 bits per heavy atom. The molecule has 0 radical (unpaired) electrons. The number of hydroxylamine groups is 2. The SMILES string of the molecule is CON(Cc1cnc(Cl)c(Cl)c1)C1=CC(=O)OC1. The molecule has 0 aliphatic carbocycles. The van der Waals surface area contributed by atoms with E-state index < -0.39 is 0 Å². The highest BCUT2D eigenvalue weighted by atomic mass is 35.5. The number of carbonyl (C=O) groups excluding carboxylic acids is 1. The first-order chi connectivity index (χ1) is 8.60. The summed E-state index contributed by atoms with van der Waals surface area (Å²) in [5.74, 6) is -0.376. The lowest BCUT2D eigenvalue weighted by Crippen LogP contribution is -2.22. The van der Waals surface area contributed by atoms with Crippen molar-refractivity contribution in [3.05, 3.63) is 39.8 Å². The van der Waals surface area contributed by atoms with Gasteiger partial charge < -0.3 is 4.74 Å². The molecule has 0 atom stereocenters. The summed E-state index contributed by atoms with van der Waals surface area (Å²) in [6.07, 6.45) is 2.98. The number of rotatable bonds is 4. The topological polar surface area (TPSA) is 51.7 Å². The lowest BCUT2D eigenvalue weighted by molar-refractivity contribution is -0.136. The molecule has 0 spiro atoms. The van der Waals surface area contributed by atoms with Crippen LogP contribution in [0.5, 0.6) is 0 Å². The number of nitrogens with zero attached hydrogens (tertiary/aromatic N) is 2. The molecule has 1 aromatic rings. The number of aromatic nitrogens is 1. The third kappa shape index (κ3) is 2.93. The second kappa shape index (κ2) is 5.56. The van der Waals surface area contributed by atoms with Crippen LogP contribution in [0.1, 0.15) is 5.56 Å². The van der Waals surface area contributed by atoms with Crippen molar-refractivity contribution in [2.75, 3.05) is 13.7 Å². The van der Waals surface area contributed by atoms with E-state index in [-0.39, 0.29) is 17.7 Å². The van der Waals surface area contributed by atoms with Crippen LogP contribution < -0.4 is 0 Å². The maximum Gasteiger partial charge on any atom is 0.333 e. The van der Waals surface area contributed by atoms with E-state index in [1.54, 1.807) is 12.3 Å². The zero-order valence-corrected chi connectivity index (χ0v) is 11.0. The molecule has 2 rings (SSSR count). The van der Waals surface area contributed by atoms with E-state index in [1.165, 1.54) is 18.2 Å². The molecule has 0 saturated carbocycles. The highest BCUT2D eigenvalue weighted by Gasteiger charge is 2.19. The monoisotopic (exact) mass is 288 g/mol. The summed E-state index contributed by atoms with van der Waals surface area (Å²) in [6.45, 7) is 0.588. The molecule has 0 fully saturated rings. The number of carbonyl (C=O) groups is 1. The lowest BCUT2D eigenvalue weighted by Gasteiger charge is -2.21. The van der Waals surface area contributed by atoms with Crippen molar-refractivity contribution in [3.8, 4) is 0 Å². The van der Waals surface area contributed by atoms with Crippen LogP contribution in [-0.2, 0) is 20.9 Å². The van der Waals surface area contributed by atoms with Crippen LogP contribution in [0.15, 0.2) is 24.0 Å². The second-order valence-corrected chi connectivity index (χ2v) is 4.34. The second-order valence-electron chi connectivity index (χ2n) is 3.58. The highest BCUT2D eigenvalue weighted by molar-refractivity contribution is 6.41. The van der Waals surface area contributed by atoms with Gasteiger partial charge in [-0.15, -0.1) is 0 Å². The molecule has 0 N–H and O–H groups in total. The third-order valence-electron chi connectivity index (χ3n) is 2.37. The number of pyridine rings is 1. The predicted octanol–water partition coefficient (Wildman–Crippen LogP) is 2.19. The fourth-order valence-electron chi connectivity index (χ4n) is 1.50. The molecule has 0 amide bonds. The summed E-state index contributed by atoms with van der Waals surface area (Å²) in [7, 11) is 1.51. The summed E-state index contributed by atoms with van der Waals surface area (Å²) in [5.41, 5.74) is 1.46. The van der Waals surface area contributed by atoms with E-state index in [2.05, 4.69) is 4.98 Å². The van der Waals surface area contributed by atoms with Gasteiger partial charge >= 0.3 is 5.97 Å². The average molecular weight is 289 g/mol. The quantitative estimate of drug-likeness (QED) is 0.483. The van der Waals surface area contributed by atoms with Crippen molar-refractivity contribution in [1.29, 1.82) is 0 Å². The number of ether oxygens (including phenoxy) is 1. The van der Waals surface area contributed by atoms with Crippen molar-refractivity contribution >= 4 is 29.2 Å². The maximum absolute atomic E-state index is 11.0. The minimum Gasteiger partial charge on any atom is -0.456 e. The number of hydrogen-bond donors (Lipinski definition) is 0. The molecule has 5 nitrogen and oxygen atoms in total. The maximum atomic E-state index is 11.0. The van der Waals surface area contributed by atoms with Crippen LogP contribution in [0.25, 0.3) is 0 Å². The van der Waals surface area contributed by atoms with Crippen LogP contribution >= 0.6 is 23.2 Å². The van der Waals surface area contributed by atoms with Gasteiger partial charge in [-0.2, -0.15) is 0 Å². The Kier molecular flexibility index (Phi) is 4.06. The molecule has 1 aromatic heterocycles. The van der Waals surface area contributed by atoms with Crippen LogP contribution in [0.3, 0.4) is 0 Å². The number of esters is 1. The van der Waals surface area contributed by atoms with E-state index >= 15 is 0 Å². The smallest absolute Gasteiger partial charge is 0.333 e. The number of cyclic esters (lactones) is 1. The predicted molar refractivity (Wildman–Crippen MR) is 65.9 cm³/mol. The number of hydrogen-bond acceptors (Lipinski definition) is 5. The fraction of sp³-hybridized carbons (Fsp3) is 0.273. The molecule has 18 heavy (non-hydrogen) atoms. The van der Waals surface area contributed by atoms with Gasteiger partial charge in [0.1, 0.15) is 11.8 Å². The molecule has 0 saturated heterocycles. The average Bonchev–Trinajstić information content (AvgIpc) is 2.77. The Morgan fingerprint density at radius 3 is 2.89 bits per heavy atom. The van der Waals surface area contributed by atoms with Gasteiger partial charge in [-0.1, -0.05) is 23.2 Å². The first-order valence-corrected chi connectivity index (χ1v) is 5.84. The van der Waals surface area contributed by atoms with Crippen molar-refractivity contribution in [3.63, 3.8) is 0 Å². The molecule has 2 heterocycles. The Morgan fingerprint density at radius 2 is 2.33 bits per heavy atom. The Bertz CT molecular complexity index is 505. The van der Waals surface area contributed by atoms with Gasteiger partial charge in [-0.05, 0) is 11.6 Å². The zero-order valence-electron chi connectivity index (χ0n) is 9.52. The van der Waals surface area contributed by atoms with Gasteiger partial charge in [-0.3, -0.25) is 9.90 Å². The summed E-state index contributed by atoms with van der Waals surface area (Å²) in [6, 6.07) is 1.70. The van der Waals surface area contributed by atoms with Crippen molar-refractivity contribution < 1.29 is 14.4 Å². The zero-order chi connectivity index (χ0) is 13.1. The summed E-state index contributed by atoms with van der Waals surface area (Å²) >= 11 is 11.6. The Hall–Kier alpha value is -1.30. The summed E-state index contributed by atoms with van der Waals surface area (Å²) in [4.78, 5) is 20.1. The van der Waals surface area contributed by atoms with Crippen LogP contribution in [-0.4, -0.2) is 29.7 Å². The third-order valence-corrected chi connectivity index (χ3v) is 3.05. The summed E-state index contributed by atoms with van der Waals surface area (Å²) < 4.78 is 4.81. The van der Waals surface area contributed by atoms with Crippen LogP contribution in [0.4, 0.5) is 0 Å². The first-order valence-electron chi connectivity index (χ1n) is 5.09. The van der Waals surface area contributed by atoms with Crippen molar-refractivity contribution in [2.24, 2.45) is 0 Å². The highest BCUT2D eigenvalue weighted by Crippen LogP contribution is 2.22. The van der Waals surface area contributed by atoms with Gasteiger partial charge in [0, 0.05) is 12.3 Å². The Balaban J connectivity index is 2.13. The van der Waals surface area contributed by atoms with E-state index in [0.29, 0.717) is 17.3 Å². The molecule has 0 bridgehead atoms. The van der Waals surface area contributed by atoms with E-state index in [4.69, 9.17) is 32.8 Å². The Labute approximate surface area is 114 Å². The molecule has 96 valence electrons. The molecule has 1 aliphatic heterocycles. The molecule has 0 aromatic carbocycles. The van der Waals surface area contributed by atoms with Gasteiger partial charge in [0.25, 0.3) is 0 Å². The van der Waals surface area contributed by atoms with Crippen LogP contribution in [0, 0.1) is 0 Å². The molecular formula is C11H10Cl2N2O3. The van der Waals surface area contributed by atoms with Crippen LogP contribution in [0.2, 0.25) is 10.2 Å². The number of halogens is 2. The van der Waals surface area contributed by atoms with Gasteiger partial charge in [-0.25, -0.2) is 9.78 Å². The first kappa shape index (κ1) is 13.1. The lowest BCUT2D eigenvalue weighted by atomic mass is 10.2. The standard InChI is InChI=1S/C11H10Cl2N2O3/c1-17-15(8-3-10(16)18-6-8)5-7-2-9(12)11(13)14-4-7/h2-4H,5-6H2,1H3. The molecular weight excluding hydrogens is 279 g/mol. The minimum absolute atomic E-state index is 0.196. The molecule has 1 aliphatic rings. The van der Waals surface area contributed by atoms with E-state index in [9.17, 15) is 4.79 Å². The molecule has 0 unspecified atom stereocenters. The van der Waals surface area contributed by atoms with E-state index in [0.717, 1.165) is 5.56 Å². The fourth-order valence-corrected chi connectivity index (χ4v) is 1.80.